The van der Waals surface area contributed by atoms with Gasteiger partial charge in [-0.1, -0.05) is 30.3 Å². The number of rotatable bonds is 3. The zero-order valence-corrected chi connectivity index (χ0v) is 10.9. The Morgan fingerprint density at radius 2 is 1.85 bits per heavy atom. The number of fused-ring (bicyclic) bond motifs is 1. The molecule has 1 N–H and O–H groups in total. The molecule has 0 aliphatic carbocycles. The Hall–Kier alpha value is -2.13. The molecule has 1 aromatic heterocycles. The molecule has 3 rings (SSSR count). The van der Waals surface area contributed by atoms with Gasteiger partial charge in [0.2, 0.25) is 0 Å². The molecular weight excluding hydrogens is 253 g/mol. The van der Waals surface area contributed by atoms with E-state index in [9.17, 15) is 9.50 Å². The van der Waals surface area contributed by atoms with Crippen LogP contribution < -0.4 is 0 Å². The lowest BCUT2D eigenvalue weighted by molar-refractivity contribution is 0.175. The lowest BCUT2D eigenvalue weighted by atomic mass is 10.0. The Labute approximate surface area is 117 Å². The summed E-state index contributed by atoms with van der Waals surface area (Å²) < 4.78 is 15.4. The van der Waals surface area contributed by atoms with Crippen molar-refractivity contribution in [2.75, 3.05) is 0 Å². The summed E-state index contributed by atoms with van der Waals surface area (Å²) >= 11 is 0. The number of hydrogen-bond donors (Lipinski definition) is 1. The first-order chi connectivity index (χ1) is 9.66. The molecule has 2 aromatic carbocycles. The van der Waals surface area contributed by atoms with Crippen molar-refractivity contribution in [1.29, 1.82) is 0 Å². The summed E-state index contributed by atoms with van der Waals surface area (Å²) in [6.45, 7) is 3.72. The molecule has 0 saturated heterocycles. The number of para-hydroxylation sites is 1. The molecule has 0 amide bonds. The van der Waals surface area contributed by atoms with Crippen molar-refractivity contribution in [3.8, 4) is 0 Å². The highest BCUT2D eigenvalue weighted by Gasteiger charge is 2.21. The van der Waals surface area contributed by atoms with Crippen LogP contribution in [-0.4, -0.2) is 15.8 Å². The largest absolute Gasteiger partial charge is 0.391 e. The Morgan fingerprint density at radius 1 is 1.05 bits per heavy atom. The molecule has 2 nitrogen and oxygen atoms in total. The molecule has 101 valence electrons. The van der Waals surface area contributed by atoms with Gasteiger partial charge >= 0.3 is 0 Å². The first-order valence-electron chi connectivity index (χ1n) is 6.49. The van der Waals surface area contributed by atoms with Gasteiger partial charge < -0.3 is 9.67 Å². The van der Waals surface area contributed by atoms with Crippen molar-refractivity contribution >= 4 is 10.9 Å². The fraction of sp³-hybridized carbons (Fsp3) is 0.118. The summed E-state index contributed by atoms with van der Waals surface area (Å²) in [4.78, 5) is 0. The van der Waals surface area contributed by atoms with Crippen LogP contribution in [0, 0.1) is 12.7 Å². The normalized spacial score (nSPS) is 14.3. The molecule has 0 spiro atoms. The number of nitrogens with zero attached hydrogens (tertiary/aromatic N) is 1. The van der Waals surface area contributed by atoms with Crippen molar-refractivity contribution in [2.45, 2.75) is 12.1 Å². The smallest absolute Gasteiger partial charge is 0.123 e. The zero-order valence-electron chi connectivity index (χ0n) is 10.9. The number of aliphatic hydroxyl groups excluding tert-OH is 1. The Morgan fingerprint density at radius 3 is 2.60 bits per heavy atom. The van der Waals surface area contributed by atoms with Crippen LogP contribution in [0.3, 0.4) is 0 Å². The second-order valence-electron chi connectivity index (χ2n) is 4.85. The maximum Gasteiger partial charge on any atom is 0.123 e. The molecule has 1 heterocycles. The lowest BCUT2D eigenvalue weighted by Gasteiger charge is -2.23. The Balaban J connectivity index is 2.16. The number of halogens is 1. The molecular formula is C17H15FNO. The van der Waals surface area contributed by atoms with E-state index in [2.05, 4.69) is 6.92 Å². The minimum Gasteiger partial charge on any atom is -0.391 e. The fourth-order valence-corrected chi connectivity index (χ4v) is 2.61. The van der Waals surface area contributed by atoms with Gasteiger partial charge in [-0.05, 0) is 42.1 Å². The molecule has 0 aliphatic heterocycles. The molecule has 1 radical (unpaired) electrons. The highest BCUT2D eigenvalue weighted by Crippen LogP contribution is 2.28. The minimum absolute atomic E-state index is 0.315. The van der Waals surface area contributed by atoms with Crippen molar-refractivity contribution in [2.24, 2.45) is 0 Å². The third-order valence-corrected chi connectivity index (χ3v) is 3.48. The molecule has 0 bridgehead atoms. The SMILES string of the molecule is [CH2]C(O)C(c1cccc(F)c1)n1ccc2ccccc21. The van der Waals surface area contributed by atoms with Gasteiger partial charge in [0.05, 0.1) is 12.1 Å². The zero-order chi connectivity index (χ0) is 14.1. The van der Waals surface area contributed by atoms with Crippen LogP contribution in [0.4, 0.5) is 4.39 Å². The van der Waals surface area contributed by atoms with E-state index in [-0.39, 0.29) is 5.82 Å². The second kappa shape index (κ2) is 5.10. The van der Waals surface area contributed by atoms with Crippen LogP contribution >= 0.6 is 0 Å². The van der Waals surface area contributed by atoms with Gasteiger partial charge in [0.1, 0.15) is 5.82 Å². The van der Waals surface area contributed by atoms with Crippen LogP contribution in [0.1, 0.15) is 11.6 Å². The van der Waals surface area contributed by atoms with Gasteiger partial charge in [-0.3, -0.25) is 0 Å². The lowest BCUT2D eigenvalue weighted by Crippen LogP contribution is -2.22. The summed E-state index contributed by atoms with van der Waals surface area (Å²) in [5, 5.41) is 11.1. The quantitative estimate of drug-likeness (QED) is 0.772. The highest BCUT2D eigenvalue weighted by molar-refractivity contribution is 5.80. The monoisotopic (exact) mass is 268 g/mol. The molecule has 0 fully saturated rings. The van der Waals surface area contributed by atoms with E-state index < -0.39 is 12.1 Å². The average Bonchev–Trinajstić information content (AvgIpc) is 2.83. The van der Waals surface area contributed by atoms with Crippen molar-refractivity contribution in [3.05, 3.63) is 79.1 Å². The van der Waals surface area contributed by atoms with Gasteiger partial charge in [0.25, 0.3) is 0 Å². The van der Waals surface area contributed by atoms with E-state index in [1.807, 2.05) is 41.1 Å². The first-order valence-corrected chi connectivity index (χ1v) is 6.49. The van der Waals surface area contributed by atoms with Crippen LogP contribution in [0.2, 0.25) is 0 Å². The van der Waals surface area contributed by atoms with Crippen LogP contribution in [0.5, 0.6) is 0 Å². The molecule has 2 unspecified atom stereocenters. The van der Waals surface area contributed by atoms with E-state index in [4.69, 9.17) is 0 Å². The van der Waals surface area contributed by atoms with Crippen LogP contribution in [0.15, 0.2) is 60.8 Å². The summed E-state index contributed by atoms with van der Waals surface area (Å²) in [6, 6.07) is 15.7. The molecule has 2 atom stereocenters. The van der Waals surface area contributed by atoms with Gasteiger partial charge in [-0.25, -0.2) is 4.39 Å². The number of benzene rings is 2. The van der Waals surface area contributed by atoms with Crippen molar-refractivity contribution < 1.29 is 9.50 Å². The van der Waals surface area contributed by atoms with E-state index in [0.717, 1.165) is 10.9 Å². The maximum absolute atomic E-state index is 13.4. The highest BCUT2D eigenvalue weighted by atomic mass is 19.1. The fourth-order valence-electron chi connectivity index (χ4n) is 2.61. The van der Waals surface area contributed by atoms with E-state index in [1.54, 1.807) is 12.1 Å². The summed E-state index contributed by atoms with van der Waals surface area (Å²) in [5.41, 5.74) is 1.69. The molecule has 0 saturated carbocycles. The summed E-state index contributed by atoms with van der Waals surface area (Å²) in [5.74, 6) is -0.315. The minimum atomic E-state index is -0.868. The summed E-state index contributed by atoms with van der Waals surface area (Å²) in [6.07, 6.45) is 1.03. The van der Waals surface area contributed by atoms with E-state index in [0.29, 0.717) is 5.56 Å². The number of aromatic nitrogens is 1. The number of hydrogen-bond acceptors (Lipinski definition) is 1. The standard InChI is InChI=1S/C17H15FNO/c1-12(20)17(14-6-4-7-15(18)11-14)19-10-9-13-5-2-3-8-16(13)19/h2-12,17,20H,1H2. The van der Waals surface area contributed by atoms with Gasteiger partial charge in [0.15, 0.2) is 0 Å². The molecule has 20 heavy (non-hydrogen) atoms. The third kappa shape index (κ3) is 2.21. The van der Waals surface area contributed by atoms with Crippen LogP contribution in [0.25, 0.3) is 10.9 Å². The molecule has 3 heteroatoms. The molecule has 0 aliphatic rings. The van der Waals surface area contributed by atoms with Gasteiger partial charge in [-0.2, -0.15) is 0 Å². The average molecular weight is 268 g/mol. The Bertz CT molecular complexity index is 732. The van der Waals surface area contributed by atoms with E-state index in [1.165, 1.54) is 12.1 Å². The second-order valence-corrected chi connectivity index (χ2v) is 4.85. The van der Waals surface area contributed by atoms with Crippen molar-refractivity contribution in [3.63, 3.8) is 0 Å². The van der Waals surface area contributed by atoms with Gasteiger partial charge in [-0.15, -0.1) is 0 Å². The summed E-state index contributed by atoms with van der Waals surface area (Å²) in [7, 11) is 0. The van der Waals surface area contributed by atoms with Crippen LogP contribution in [-0.2, 0) is 0 Å². The third-order valence-electron chi connectivity index (χ3n) is 3.48. The van der Waals surface area contributed by atoms with Gasteiger partial charge in [0, 0.05) is 11.7 Å². The van der Waals surface area contributed by atoms with E-state index >= 15 is 0 Å². The predicted molar refractivity (Wildman–Crippen MR) is 77.8 cm³/mol. The van der Waals surface area contributed by atoms with Crippen molar-refractivity contribution in [1.82, 2.24) is 4.57 Å². The first kappa shape index (κ1) is 12.9. The molecule has 3 aromatic rings. The number of aliphatic hydroxyl groups is 1. The topological polar surface area (TPSA) is 25.2 Å². The predicted octanol–water partition coefficient (Wildman–Crippen LogP) is 3.56. The maximum atomic E-state index is 13.4. The Kier molecular flexibility index (Phi) is 3.28.